The zero-order chi connectivity index (χ0) is 14.7. The van der Waals surface area contributed by atoms with E-state index in [1.54, 1.807) is 0 Å². The Morgan fingerprint density at radius 1 is 1.24 bits per heavy atom. The minimum absolute atomic E-state index is 0.405. The molecule has 1 aromatic rings. The molecule has 21 heavy (non-hydrogen) atoms. The van der Waals surface area contributed by atoms with E-state index < -0.39 is 0 Å². The summed E-state index contributed by atoms with van der Waals surface area (Å²) in [6.45, 7) is 5.98. The van der Waals surface area contributed by atoms with Crippen molar-refractivity contribution in [2.45, 2.75) is 57.5 Å². The first-order valence-electron chi connectivity index (χ1n) is 8.56. The highest BCUT2D eigenvalue weighted by molar-refractivity contribution is 5.38. The zero-order valence-corrected chi connectivity index (χ0v) is 13.1. The molecule has 3 rings (SSSR count). The van der Waals surface area contributed by atoms with E-state index >= 15 is 0 Å². The molecule has 2 N–H and O–H groups in total. The molecule has 2 aliphatic rings. The maximum absolute atomic E-state index is 9.65. The number of nitrogens with zero attached hydrogens (tertiary/aromatic N) is 1. The molecule has 0 saturated carbocycles. The lowest BCUT2D eigenvalue weighted by atomic mass is 9.86. The van der Waals surface area contributed by atoms with E-state index in [-0.39, 0.29) is 0 Å². The average molecular weight is 288 g/mol. The topological polar surface area (TPSA) is 35.5 Å². The van der Waals surface area contributed by atoms with Crippen LogP contribution in [0, 0.1) is 0 Å². The number of fused-ring (bicyclic) bond motifs is 1. The van der Waals surface area contributed by atoms with E-state index in [2.05, 4.69) is 23.2 Å². The van der Waals surface area contributed by atoms with Crippen LogP contribution in [0.3, 0.4) is 0 Å². The number of nitrogens with one attached hydrogen (secondary N) is 1. The van der Waals surface area contributed by atoms with Crippen molar-refractivity contribution in [1.29, 1.82) is 0 Å². The summed E-state index contributed by atoms with van der Waals surface area (Å²) in [5, 5.41) is 13.5. The maximum atomic E-state index is 9.65. The highest BCUT2D eigenvalue weighted by Gasteiger charge is 2.25. The van der Waals surface area contributed by atoms with Gasteiger partial charge in [-0.3, -0.25) is 0 Å². The summed E-state index contributed by atoms with van der Waals surface area (Å²) < 4.78 is 0. The molecule has 3 heteroatoms. The highest BCUT2D eigenvalue weighted by Crippen LogP contribution is 2.32. The third-order valence-electron chi connectivity index (χ3n) is 5.01. The van der Waals surface area contributed by atoms with Gasteiger partial charge in [0.1, 0.15) is 5.75 Å². The molecular weight excluding hydrogens is 260 g/mol. The minimum Gasteiger partial charge on any atom is -0.508 e. The lowest BCUT2D eigenvalue weighted by molar-refractivity contribution is 0.188. The predicted molar refractivity (Wildman–Crippen MR) is 86.7 cm³/mol. The summed E-state index contributed by atoms with van der Waals surface area (Å²) >= 11 is 0. The van der Waals surface area contributed by atoms with Gasteiger partial charge in [0, 0.05) is 12.1 Å². The monoisotopic (exact) mass is 288 g/mol. The summed E-state index contributed by atoms with van der Waals surface area (Å²) in [7, 11) is 0. The van der Waals surface area contributed by atoms with E-state index in [0.29, 0.717) is 17.8 Å². The van der Waals surface area contributed by atoms with Crippen molar-refractivity contribution in [1.82, 2.24) is 10.2 Å². The minimum atomic E-state index is 0.405. The standard InChI is InChI=1S/C18H28N2O/c1-2-10-20-11-8-15(9-12-20)19-18-5-3-4-14-13-16(21)6-7-17(14)18/h6-7,13,15,18-19,21H,2-5,8-12H2,1H3. The van der Waals surface area contributed by atoms with Gasteiger partial charge in [0.2, 0.25) is 0 Å². The molecule has 1 fully saturated rings. The Kier molecular flexibility index (Phi) is 4.81. The zero-order valence-electron chi connectivity index (χ0n) is 13.1. The summed E-state index contributed by atoms with van der Waals surface area (Å²) in [5.41, 5.74) is 2.75. The Balaban J connectivity index is 1.60. The van der Waals surface area contributed by atoms with Crippen LogP contribution in [0.15, 0.2) is 18.2 Å². The molecular formula is C18H28N2O. The second-order valence-electron chi connectivity index (χ2n) is 6.61. The van der Waals surface area contributed by atoms with Gasteiger partial charge in [-0.25, -0.2) is 0 Å². The second kappa shape index (κ2) is 6.80. The SMILES string of the molecule is CCCN1CCC(NC2CCCc3cc(O)ccc32)CC1. The first-order chi connectivity index (χ1) is 10.3. The Morgan fingerprint density at radius 3 is 2.81 bits per heavy atom. The summed E-state index contributed by atoms with van der Waals surface area (Å²) in [6.07, 6.45) is 7.36. The van der Waals surface area contributed by atoms with Gasteiger partial charge in [-0.1, -0.05) is 13.0 Å². The Labute approximate surface area is 128 Å². The van der Waals surface area contributed by atoms with Gasteiger partial charge in [-0.2, -0.15) is 0 Å². The van der Waals surface area contributed by atoms with Gasteiger partial charge in [-0.05, 0) is 81.4 Å². The normalized spacial score (nSPS) is 24.0. The molecule has 0 aromatic heterocycles. The van der Waals surface area contributed by atoms with Crippen LogP contribution in [0.1, 0.15) is 56.2 Å². The number of piperidine rings is 1. The molecule has 3 nitrogen and oxygen atoms in total. The molecule has 116 valence electrons. The van der Waals surface area contributed by atoms with Crippen LogP contribution in [0.4, 0.5) is 0 Å². The third kappa shape index (κ3) is 3.58. The number of hydrogen-bond acceptors (Lipinski definition) is 3. The molecule has 1 unspecified atom stereocenters. The van der Waals surface area contributed by atoms with Crippen molar-refractivity contribution < 1.29 is 5.11 Å². The van der Waals surface area contributed by atoms with Crippen molar-refractivity contribution in [2.24, 2.45) is 0 Å². The van der Waals surface area contributed by atoms with Gasteiger partial charge in [-0.15, -0.1) is 0 Å². The van der Waals surface area contributed by atoms with Crippen LogP contribution < -0.4 is 5.32 Å². The highest BCUT2D eigenvalue weighted by atomic mass is 16.3. The van der Waals surface area contributed by atoms with Gasteiger partial charge >= 0.3 is 0 Å². The van der Waals surface area contributed by atoms with Crippen LogP contribution in [0.25, 0.3) is 0 Å². The van der Waals surface area contributed by atoms with Crippen LogP contribution in [-0.2, 0) is 6.42 Å². The molecule has 1 heterocycles. The lowest BCUT2D eigenvalue weighted by Gasteiger charge is -2.36. The van der Waals surface area contributed by atoms with Gasteiger partial charge < -0.3 is 15.3 Å². The number of hydrogen-bond donors (Lipinski definition) is 2. The lowest BCUT2D eigenvalue weighted by Crippen LogP contribution is -2.44. The summed E-state index contributed by atoms with van der Waals surface area (Å²) in [5.74, 6) is 0.405. The fraction of sp³-hybridized carbons (Fsp3) is 0.667. The van der Waals surface area contributed by atoms with Crippen molar-refractivity contribution >= 4 is 0 Å². The molecule has 1 saturated heterocycles. The van der Waals surface area contributed by atoms with Crippen LogP contribution >= 0.6 is 0 Å². The van der Waals surface area contributed by atoms with Gasteiger partial charge in [0.25, 0.3) is 0 Å². The molecule has 0 amide bonds. The van der Waals surface area contributed by atoms with Crippen LogP contribution in [-0.4, -0.2) is 35.7 Å². The fourth-order valence-electron chi connectivity index (χ4n) is 3.90. The Morgan fingerprint density at radius 2 is 2.05 bits per heavy atom. The van der Waals surface area contributed by atoms with Crippen LogP contribution in [0.5, 0.6) is 5.75 Å². The number of phenolic OH excluding ortho intramolecular Hbond substituents is 1. The van der Waals surface area contributed by atoms with E-state index in [4.69, 9.17) is 0 Å². The van der Waals surface area contributed by atoms with Gasteiger partial charge in [0.05, 0.1) is 0 Å². The number of likely N-dealkylation sites (tertiary alicyclic amines) is 1. The van der Waals surface area contributed by atoms with Crippen molar-refractivity contribution in [3.63, 3.8) is 0 Å². The molecule has 1 aliphatic carbocycles. The quantitative estimate of drug-likeness (QED) is 0.893. The number of benzene rings is 1. The molecule has 0 bridgehead atoms. The number of aromatic hydroxyl groups is 1. The first kappa shape index (κ1) is 14.9. The smallest absolute Gasteiger partial charge is 0.115 e. The molecule has 0 spiro atoms. The van der Waals surface area contributed by atoms with Crippen molar-refractivity contribution in [3.8, 4) is 5.75 Å². The first-order valence-corrected chi connectivity index (χ1v) is 8.56. The number of aryl methyl sites for hydroxylation is 1. The predicted octanol–water partition coefficient (Wildman–Crippen LogP) is 3.23. The van der Waals surface area contributed by atoms with E-state index in [1.807, 2.05) is 12.1 Å². The summed E-state index contributed by atoms with van der Waals surface area (Å²) in [6, 6.07) is 7.04. The number of phenols is 1. The van der Waals surface area contributed by atoms with Gasteiger partial charge in [0.15, 0.2) is 0 Å². The molecule has 1 atom stereocenters. The largest absolute Gasteiger partial charge is 0.508 e. The Hall–Kier alpha value is -1.06. The van der Waals surface area contributed by atoms with E-state index in [1.165, 1.54) is 62.9 Å². The Bertz CT molecular complexity index is 466. The summed E-state index contributed by atoms with van der Waals surface area (Å²) in [4.78, 5) is 2.59. The average Bonchev–Trinajstić information content (AvgIpc) is 2.49. The van der Waals surface area contributed by atoms with Crippen molar-refractivity contribution in [3.05, 3.63) is 29.3 Å². The van der Waals surface area contributed by atoms with E-state index in [0.717, 1.165) is 6.42 Å². The van der Waals surface area contributed by atoms with Crippen LogP contribution in [0.2, 0.25) is 0 Å². The second-order valence-corrected chi connectivity index (χ2v) is 6.61. The molecule has 0 radical (unpaired) electrons. The van der Waals surface area contributed by atoms with E-state index in [9.17, 15) is 5.11 Å². The number of rotatable bonds is 4. The third-order valence-corrected chi connectivity index (χ3v) is 5.01. The maximum Gasteiger partial charge on any atom is 0.115 e. The molecule has 1 aromatic carbocycles. The molecule has 1 aliphatic heterocycles. The van der Waals surface area contributed by atoms with Crippen molar-refractivity contribution in [2.75, 3.05) is 19.6 Å². The fourth-order valence-corrected chi connectivity index (χ4v) is 3.90.